The number of halogens is 1. The summed E-state index contributed by atoms with van der Waals surface area (Å²) in [5.41, 5.74) is 1.25. The minimum absolute atomic E-state index is 0.255. The summed E-state index contributed by atoms with van der Waals surface area (Å²) in [6.45, 7) is 5.49. The van der Waals surface area contributed by atoms with Crippen molar-refractivity contribution < 1.29 is 13.9 Å². The molecule has 1 N–H and O–H groups in total. The number of carbonyl (C=O) groups is 1. The standard InChI is InChI=1S/C12H16FNO2/c1-4-16-12(15)9(3)14-10-5-6-11(13)8(2)7-10/h5-7,9,14H,4H2,1-3H3. The van der Waals surface area contributed by atoms with E-state index in [1.54, 1.807) is 32.9 Å². The molecule has 1 aromatic carbocycles. The van der Waals surface area contributed by atoms with Crippen molar-refractivity contribution in [3.8, 4) is 0 Å². The average Bonchev–Trinajstić information content (AvgIpc) is 2.24. The van der Waals surface area contributed by atoms with E-state index in [0.29, 0.717) is 17.9 Å². The van der Waals surface area contributed by atoms with Gasteiger partial charge < -0.3 is 10.1 Å². The Kier molecular flexibility index (Phi) is 4.28. The summed E-state index contributed by atoms with van der Waals surface area (Å²) < 4.78 is 17.9. The first kappa shape index (κ1) is 12.5. The van der Waals surface area contributed by atoms with E-state index in [9.17, 15) is 9.18 Å². The molecule has 88 valence electrons. The van der Waals surface area contributed by atoms with Crippen molar-refractivity contribution in [1.29, 1.82) is 0 Å². The zero-order chi connectivity index (χ0) is 12.1. The highest BCUT2D eigenvalue weighted by Gasteiger charge is 2.13. The second kappa shape index (κ2) is 5.49. The Hall–Kier alpha value is -1.58. The van der Waals surface area contributed by atoms with Gasteiger partial charge in [-0.05, 0) is 44.5 Å². The third-order valence-electron chi connectivity index (χ3n) is 2.18. The number of aryl methyl sites for hydroxylation is 1. The van der Waals surface area contributed by atoms with Crippen LogP contribution in [0.15, 0.2) is 18.2 Å². The lowest BCUT2D eigenvalue weighted by molar-refractivity contribution is -0.143. The van der Waals surface area contributed by atoms with Crippen LogP contribution in [0.5, 0.6) is 0 Å². The fourth-order valence-corrected chi connectivity index (χ4v) is 1.31. The molecule has 0 aromatic heterocycles. The molecular weight excluding hydrogens is 209 g/mol. The maximum Gasteiger partial charge on any atom is 0.328 e. The number of carbonyl (C=O) groups excluding carboxylic acids is 1. The quantitative estimate of drug-likeness (QED) is 0.800. The summed E-state index contributed by atoms with van der Waals surface area (Å²) in [4.78, 5) is 11.3. The van der Waals surface area contributed by atoms with Crippen LogP contribution in [0.3, 0.4) is 0 Å². The first-order chi connectivity index (χ1) is 7.54. The number of esters is 1. The number of nitrogens with one attached hydrogen (secondary N) is 1. The average molecular weight is 225 g/mol. The summed E-state index contributed by atoms with van der Waals surface area (Å²) in [5, 5.41) is 2.95. The Morgan fingerprint density at radius 2 is 2.25 bits per heavy atom. The number of rotatable bonds is 4. The zero-order valence-corrected chi connectivity index (χ0v) is 9.71. The predicted octanol–water partition coefficient (Wildman–Crippen LogP) is 2.50. The van der Waals surface area contributed by atoms with Gasteiger partial charge in [-0.15, -0.1) is 0 Å². The molecule has 1 atom stereocenters. The van der Waals surface area contributed by atoms with Crippen molar-refractivity contribution >= 4 is 11.7 Å². The molecule has 0 saturated heterocycles. The molecule has 0 spiro atoms. The van der Waals surface area contributed by atoms with Crippen LogP contribution in [-0.2, 0) is 9.53 Å². The summed E-state index contributed by atoms with van der Waals surface area (Å²) >= 11 is 0. The minimum Gasteiger partial charge on any atom is -0.464 e. The fraction of sp³-hybridized carbons (Fsp3) is 0.417. The molecule has 0 radical (unpaired) electrons. The molecule has 0 heterocycles. The van der Waals surface area contributed by atoms with Gasteiger partial charge in [0.1, 0.15) is 11.9 Å². The summed E-state index contributed by atoms with van der Waals surface area (Å²) in [7, 11) is 0. The molecule has 1 rings (SSSR count). The maximum atomic E-state index is 13.0. The fourth-order valence-electron chi connectivity index (χ4n) is 1.31. The highest BCUT2D eigenvalue weighted by molar-refractivity contribution is 5.78. The number of benzene rings is 1. The molecule has 0 aliphatic heterocycles. The Morgan fingerprint density at radius 1 is 1.56 bits per heavy atom. The normalized spacial score (nSPS) is 12.0. The monoisotopic (exact) mass is 225 g/mol. The van der Waals surface area contributed by atoms with Gasteiger partial charge >= 0.3 is 5.97 Å². The number of anilines is 1. The molecular formula is C12H16FNO2. The van der Waals surface area contributed by atoms with Crippen LogP contribution in [0.4, 0.5) is 10.1 Å². The molecule has 1 aromatic rings. The van der Waals surface area contributed by atoms with E-state index in [1.807, 2.05) is 0 Å². The lowest BCUT2D eigenvalue weighted by atomic mass is 10.2. The van der Waals surface area contributed by atoms with Gasteiger partial charge in [-0.3, -0.25) is 0 Å². The zero-order valence-electron chi connectivity index (χ0n) is 9.71. The van der Waals surface area contributed by atoms with Crippen molar-refractivity contribution in [2.24, 2.45) is 0 Å². The molecule has 4 heteroatoms. The molecule has 16 heavy (non-hydrogen) atoms. The molecule has 0 aliphatic rings. The lowest BCUT2D eigenvalue weighted by Crippen LogP contribution is -2.28. The summed E-state index contributed by atoms with van der Waals surface area (Å²) in [5.74, 6) is -0.571. The second-order valence-electron chi connectivity index (χ2n) is 3.58. The Morgan fingerprint density at radius 3 is 2.81 bits per heavy atom. The van der Waals surface area contributed by atoms with E-state index >= 15 is 0 Å². The van der Waals surface area contributed by atoms with Gasteiger partial charge in [0.15, 0.2) is 0 Å². The SMILES string of the molecule is CCOC(=O)C(C)Nc1ccc(F)c(C)c1. The molecule has 0 bridgehead atoms. The van der Waals surface area contributed by atoms with Gasteiger partial charge in [-0.2, -0.15) is 0 Å². The van der Waals surface area contributed by atoms with Crippen molar-refractivity contribution in [2.75, 3.05) is 11.9 Å². The van der Waals surface area contributed by atoms with Crippen molar-refractivity contribution in [1.82, 2.24) is 0 Å². The highest BCUT2D eigenvalue weighted by Crippen LogP contribution is 2.14. The minimum atomic E-state index is -0.440. The molecule has 1 unspecified atom stereocenters. The Labute approximate surface area is 94.6 Å². The van der Waals surface area contributed by atoms with Gasteiger partial charge in [0, 0.05) is 5.69 Å². The first-order valence-corrected chi connectivity index (χ1v) is 5.24. The van der Waals surface area contributed by atoms with Crippen LogP contribution in [0, 0.1) is 12.7 Å². The molecule has 3 nitrogen and oxygen atoms in total. The van der Waals surface area contributed by atoms with E-state index in [1.165, 1.54) is 6.07 Å². The van der Waals surface area contributed by atoms with Crippen LogP contribution < -0.4 is 5.32 Å². The third kappa shape index (κ3) is 3.22. The van der Waals surface area contributed by atoms with Gasteiger partial charge in [0.05, 0.1) is 6.61 Å². The third-order valence-corrected chi connectivity index (χ3v) is 2.18. The van der Waals surface area contributed by atoms with Crippen LogP contribution in [0.1, 0.15) is 19.4 Å². The number of hydrogen-bond donors (Lipinski definition) is 1. The van der Waals surface area contributed by atoms with Crippen LogP contribution in [-0.4, -0.2) is 18.6 Å². The predicted molar refractivity (Wildman–Crippen MR) is 60.9 cm³/mol. The van der Waals surface area contributed by atoms with E-state index in [2.05, 4.69) is 5.32 Å². The first-order valence-electron chi connectivity index (χ1n) is 5.24. The van der Waals surface area contributed by atoms with E-state index in [0.717, 1.165) is 0 Å². The maximum absolute atomic E-state index is 13.0. The topological polar surface area (TPSA) is 38.3 Å². The summed E-state index contributed by atoms with van der Waals surface area (Å²) in [6.07, 6.45) is 0. The molecule has 0 aliphatic carbocycles. The second-order valence-corrected chi connectivity index (χ2v) is 3.58. The molecule has 0 fully saturated rings. The van der Waals surface area contributed by atoms with Crippen LogP contribution in [0.2, 0.25) is 0 Å². The van der Waals surface area contributed by atoms with E-state index < -0.39 is 6.04 Å². The van der Waals surface area contributed by atoms with Gasteiger partial charge in [-0.25, -0.2) is 9.18 Å². The van der Waals surface area contributed by atoms with Gasteiger partial charge in [0.25, 0.3) is 0 Å². The van der Waals surface area contributed by atoms with E-state index in [-0.39, 0.29) is 11.8 Å². The van der Waals surface area contributed by atoms with Gasteiger partial charge in [0.2, 0.25) is 0 Å². The van der Waals surface area contributed by atoms with E-state index in [4.69, 9.17) is 4.74 Å². The summed E-state index contributed by atoms with van der Waals surface area (Å²) in [6, 6.07) is 4.18. The highest BCUT2D eigenvalue weighted by atomic mass is 19.1. The Balaban J connectivity index is 2.66. The van der Waals surface area contributed by atoms with Crippen LogP contribution in [0.25, 0.3) is 0 Å². The van der Waals surface area contributed by atoms with Crippen molar-refractivity contribution in [3.05, 3.63) is 29.6 Å². The van der Waals surface area contributed by atoms with Crippen molar-refractivity contribution in [3.63, 3.8) is 0 Å². The number of ether oxygens (including phenoxy) is 1. The van der Waals surface area contributed by atoms with Crippen molar-refractivity contribution in [2.45, 2.75) is 26.8 Å². The lowest BCUT2D eigenvalue weighted by Gasteiger charge is -2.14. The largest absolute Gasteiger partial charge is 0.464 e. The van der Waals surface area contributed by atoms with Crippen LogP contribution >= 0.6 is 0 Å². The number of hydrogen-bond acceptors (Lipinski definition) is 3. The molecule has 0 saturated carbocycles. The Bertz CT molecular complexity index is 379. The molecule has 0 amide bonds. The van der Waals surface area contributed by atoms with Gasteiger partial charge in [-0.1, -0.05) is 0 Å². The smallest absolute Gasteiger partial charge is 0.328 e.